The van der Waals surface area contributed by atoms with E-state index in [2.05, 4.69) is 5.32 Å². The first-order valence-corrected chi connectivity index (χ1v) is 5.11. The van der Waals surface area contributed by atoms with Crippen LogP contribution in [0.2, 0.25) is 0 Å². The molecule has 15 heavy (non-hydrogen) atoms. The highest BCUT2D eigenvalue weighted by atomic mass is 16.5. The van der Waals surface area contributed by atoms with Crippen LogP contribution < -0.4 is 5.32 Å². The van der Waals surface area contributed by atoms with Gasteiger partial charge in [-0.15, -0.1) is 0 Å². The SMILES string of the molecule is CNCCC(OC(C)=O)c1ccccc1. The molecule has 1 aromatic carbocycles. The molecule has 1 aromatic rings. The number of carbonyl (C=O) groups excluding carboxylic acids is 1. The highest BCUT2D eigenvalue weighted by Gasteiger charge is 2.13. The molecular weight excluding hydrogens is 190 g/mol. The Morgan fingerprint density at radius 1 is 1.40 bits per heavy atom. The lowest BCUT2D eigenvalue weighted by Gasteiger charge is -2.17. The van der Waals surface area contributed by atoms with Crippen molar-refractivity contribution in [2.45, 2.75) is 19.4 Å². The second kappa shape index (κ2) is 6.19. The summed E-state index contributed by atoms with van der Waals surface area (Å²) in [6, 6.07) is 9.80. The Balaban J connectivity index is 2.67. The van der Waals surface area contributed by atoms with Gasteiger partial charge in [-0.1, -0.05) is 30.3 Å². The third-order valence-electron chi connectivity index (χ3n) is 2.14. The third kappa shape index (κ3) is 4.13. The molecule has 0 spiro atoms. The van der Waals surface area contributed by atoms with Crippen molar-refractivity contribution in [1.82, 2.24) is 5.32 Å². The highest BCUT2D eigenvalue weighted by Crippen LogP contribution is 2.20. The van der Waals surface area contributed by atoms with Crippen LogP contribution >= 0.6 is 0 Å². The fraction of sp³-hybridized carbons (Fsp3) is 0.417. The Bertz CT molecular complexity index is 298. The van der Waals surface area contributed by atoms with Gasteiger partial charge in [0.15, 0.2) is 0 Å². The van der Waals surface area contributed by atoms with Crippen LogP contribution in [-0.2, 0) is 9.53 Å². The van der Waals surface area contributed by atoms with Gasteiger partial charge in [0.2, 0.25) is 0 Å². The molecule has 0 saturated heterocycles. The fourth-order valence-electron chi connectivity index (χ4n) is 1.44. The van der Waals surface area contributed by atoms with Gasteiger partial charge < -0.3 is 10.1 Å². The van der Waals surface area contributed by atoms with Crippen LogP contribution in [0.5, 0.6) is 0 Å². The summed E-state index contributed by atoms with van der Waals surface area (Å²) < 4.78 is 5.26. The van der Waals surface area contributed by atoms with E-state index in [1.807, 2.05) is 37.4 Å². The summed E-state index contributed by atoms with van der Waals surface area (Å²) >= 11 is 0. The molecule has 0 saturated carbocycles. The van der Waals surface area contributed by atoms with Crippen LogP contribution in [0.25, 0.3) is 0 Å². The van der Waals surface area contributed by atoms with Gasteiger partial charge in [-0.3, -0.25) is 4.79 Å². The summed E-state index contributed by atoms with van der Waals surface area (Å²) in [5, 5.41) is 3.05. The van der Waals surface area contributed by atoms with E-state index in [4.69, 9.17) is 4.74 Å². The van der Waals surface area contributed by atoms with Gasteiger partial charge in [0.1, 0.15) is 6.10 Å². The number of nitrogens with one attached hydrogen (secondary N) is 1. The Kier molecular flexibility index (Phi) is 4.84. The fourth-order valence-corrected chi connectivity index (χ4v) is 1.44. The maximum absolute atomic E-state index is 10.9. The highest BCUT2D eigenvalue weighted by molar-refractivity contribution is 5.66. The standard InChI is InChI=1S/C12H17NO2/c1-10(14)15-12(8-9-13-2)11-6-4-3-5-7-11/h3-7,12-13H,8-9H2,1-2H3. The molecule has 0 aliphatic rings. The molecule has 0 radical (unpaired) electrons. The first-order valence-electron chi connectivity index (χ1n) is 5.11. The van der Waals surface area contributed by atoms with E-state index in [9.17, 15) is 4.79 Å². The molecule has 1 rings (SSSR count). The first kappa shape index (κ1) is 11.7. The van der Waals surface area contributed by atoms with Crippen molar-refractivity contribution in [3.8, 4) is 0 Å². The molecule has 0 aromatic heterocycles. The van der Waals surface area contributed by atoms with Crippen molar-refractivity contribution in [2.24, 2.45) is 0 Å². The van der Waals surface area contributed by atoms with Gasteiger partial charge in [-0.25, -0.2) is 0 Å². The van der Waals surface area contributed by atoms with Crippen molar-refractivity contribution < 1.29 is 9.53 Å². The van der Waals surface area contributed by atoms with E-state index < -0.39 is 0 Å². The summed E-state index contributed by atoms with van der Waals surface area (Å²) in [6.07, 6.45) is 0.649. The molecule has 0 aliphatic carbocycles. The second-order valence-electron chi connectivity index (χ2n) is 3.40. The van der Waals surface area contributed by atoms with Gasteiger partial charge in [-0.2, -0.15) is 0 Å². The average molecular weight is 207 g/mol. The second-order valence-corrected chi connectivity index (χ2v) is 3.40. The number of hydrogen-bond donors (Lipinski definition) is 1. The van der Waals surface area contributed by atoms with E-state index in [0.29, 0.717) is 0 Å². The van der Waals surface area contributed by atoms with Crippen LogP contribution in [0.3, 0.4) is 0 Å². The Morgan fingerprint density at radius 2 is 2.07 bits per heavy atom. The molecule has 0 aliphatic heterocycles. The molecular formula is C12H17NO2. The van der Waals surface area contributed by atoms with E-state index in [-0.39, 0.29) is 12.1 Å². The van der Waals surface area contributed by atoms with Gasteiger partial charge in [0.25, 0.3) is 0 Å². The molecule has 0 heterocycles. The zero-order chi connectivity index (χ0) is 11.1. The van der Waals surface area contributed by atoms with Crippen molar-refractivity contribution >= 4 is 5.97 Å². The third-order valence-corrected chi connectivity index (χ3v) is 2.14. The van der Waals surface area contributed by atoms with Crippen molar-refractivity contribution in [2.75, 3.05) is 13.6 Å². The number of hydrogen-bond acceptors (Lipinski definition) is 3. The van der Waals surface area contributed by atoms with Gasteiger partial charge in [0.05, 0.1) is 0 Å². The Morgan fingerprint density at radius 3 is 2.60 bits per heavy atom. The summed E-state index contributed by atoms with van der Waals surface area (Å²) in [4.78, 5) is 10.9. The van der Waals surface area contributed by atoms with E-state index in [1.54, 1.807) is 0 Å². The van der Waals surface area contributed by atoms with Crippen LogP contribution in [-0.4, -0.2) is 19.6 Å². The Hall–Kier alpha value is -1.35. The zero-order valence-corrected chi connectivity index (χ0v) is 9.19. The van der Waals surface area contributed by atoms with Crippen molar-refractivity contribution in [3.63, 3.8) is 0 Å². The quantitative estimate of drug-likeness (QED) is 0.749. The van der Waals surface area contributed by atoms with Crippen LogP contribution in [0.4, 0.5) is 0 Å². The molecule has 0 amide bonds. The van der Waals surface area contributed by atoms with Crippen LogP contribution in [0, 0.1) is 0 Å². The maximum atomic E-state index is 10.9. The predicted octanol–water partition coefficient (Wildman–Crippen LogP) is 1.90. The monoisotopic (exact) mass is 207 g/mol. The number of carbonyl (C=O) groups is 1. The summed E-state index contributed by atoms with van der Waals surface area (Å²) in [7, 11) is 1.88. The number of ether oxygens (including phenoxy) is 1. The molecule has 1 N–H and O–H groups in total. The lowest BCUT2D eigenvalue weighted by atomic mass is 10.1. The van der Waals surface area contributed by atoms with E-state index in [1.165, 1.54) is 6.92 Å². The predicted molar refractivity (Wildman–Crippen MR) is 59.5 cm³/mol. The van der Waals surface area contributed by atoms with Crippen LogP contribution in [0.15, 0.2) is 30.3 Å². The number of esters is 1. The molecule has 3 heteroatoms. The smallest absolute Gasteiger partial charge is 0.303 e. The summed E-state index contributed by atoms with van der Waals surface area (Å²) in [5.41, 5.74) is 1.04. The van der Waals surface area contributed by atoms with Crippen LogP contribution in [0.1, 0.15) is 25.0 Å². The van der Waals surface area contributed by atoms with Crippen molar-refractivity contribution in [3.05, 3.63) is 35.9 Å². The summed E-state index contributed by atoms with van der Waals surface area (Å²) in [6.45, 7) is 2.27. The Labute approximate surface area is 90.4 Å². The molecule has 1 atom stereocenters. The lowest BCUT2D eigenvalue weighted by Crippen LogP contribution is -2.16. The molecule has 0 bridgehead atoms. The topological polar surface area (TPSA) is 38.3 Å². The minimum atomic E-state index is -0.236. The average Bonchev–Trinajstić information content (AvgIpc) is 2.25. The zero-order valence-electron chi connectivity index (χ0n) is 9.19. The van der Waals surface area contributed by atoms with Crippen molar-refractivity contribution in [1.29, 1.82) is 0 Å². The molecule has 0 fully saturated rings. The van der Waals surface area contributed by atoms with Gasteiger partial charge in [-0.05, 0) is 19.2 Å². The number of rotatable bonds is 5. The van der Waals surface area contributed by atoms with E-state index in [0.717, 1.165) is 18.5 Å². The van der Waals surface area contributed by atoms with Gasteiger partial charge >= 0.3 is 5.97 Å². The summed E-state index contributed by atoms with van der Waals surface area (Å²) in [5.74, 6) is -0.236. The van der Waals surface area contributed by atoms with Gasteiger partial charge in [0, 0.05) is 13.3 Å². The lowest BCUT2D eigenvalue weighted by molar-refractivity contribution is -0.147. The molecule has 1 unspecified atom stereocenters. The molecule has 3 nitrogen and oxygen atoms in total. The molecule has 82 valence electrons. The largest absolute Gasteiger partial charge is 0.458 e. The maximum Gasteiger partial charge on any atom is 0.303 e. The minimum Gasteiger partial charge on any atom is -0.458 e. The normalized spacial score (nSPS) is 12.1. The number of benzene rings is 1. The van der Waals surface area contributed by atoms with E-state index >= 15 is 0 Å². The first-order chi connectivity index (χ1) is 7.24. The minimum absolute atomic E-state index is 0.142.